The topological polar surface area (TPSA) is 4.93 Å². The lowest BCUT2D eigenvalue weighted by atomic mass is 9.35. The molecule has 0 aliphatic carbocycles. The van der Waals surface area contributed by atoms with Crippen LogP contribution in [0, 0.1) is 0 Å². The number of para-hydroxylation sites is 1. The zero-order valence-electron chi connectivity index (χ0n) is 18.1. The SMILES string of the molecule is c1ccc2c(c1)Sc1cccc3c1B2c1cccc2c4c5sc6ccccc6c5ccc4n-3c12. The molecule has 5 aromatic carbocycles. The van der Waals surface area contributed by atoms with E-state index in [2.05, 4.69) is 102 Å². The van der Waals surface area contributed by atoms with Crippen LogP contribution in [-0.2, 0) is 0 Å². The van der Waals surface area contributed by atoms with E-state index in [1.807, 2.05) is 23.1 Å². The van der Waals surface area contributed by atoms with Crippen molar-refractivity contribution in [3.63, 3.8) is 0 Å². The molecule has 0 radical (unpaired) electrons. The summed E-state index contributed by atoms with van der Waals surface area (Å²) >= 11 is 3.85. The van der Waals surface area contributed by atoms with E-state index in [-0.39, 0.29) is 6.71 Å². The summed E-state index contributed by atoms with van der Waals surface area (Å²) in [6.45, 7) is 0.280. The van der Waals surface area contributed by atoms with Crippen molar-refractivity contribution in [3.05, 3.63) is 97.1 Å². The van der Waals surface area contributed by atoms with Gasteiger partial charge in [-0.1, -0.05) is 84.0 Å². The minimum atomic E-state index is 0.280. The number of hydrogen-bond donors (Lipinski definition) is 0. The quantitative estimate of drug-likeness (QED) is 0.233. The van der Waals surface area contributed by atoms with Crippen LogP contribution >= 0.6 is 23.1 Å². The molecule has 0 amide bonds. The highest BCUT2D eigenvalue weighted by molar-refractivity contribution is 8.00. The Kier molecular flexibility index (Phi) is 3.24. The third kappa shape index (κ3) is 2.02. The van der Waals surface area contributed by atoms with Gasteiger partial charge in [0.15, 0.2) is 0 Å². The van der Waals surface area contributed by atoms with E-state index in [0.29, 0.717) is 0 Å². The Hall–Kier alpha value is -3.47. The first kappa shape index (κ1) is 17.9. The molecule has 34 heavy (non-hydrogen) atoms. The van der Waals surface area contributed by atoms with Crippen molar-refractivity contribution in [2.75, 3.05) is 0 Å². The van der Waals surface area contributed by atoms with Crippen LogP contribution in [0.25, 0.3) is 47.7 Å². The van der Waals surface area contributed by atoms with Crippen molar-refractivity contribution in [2.45, 2.75) is 9.79 Å². The van der Waals surface area contributed by atoms with E-state index in [9.17, 15) is 0 Å². The first-order chi connectivity index (χ1) is 16.9. The van der Waals surface area contributed by atoms with Crippen LogP contribution in [0.15, 0.2) is 107 Å². The minimum Gasteiger partial charge on any atom is -0.310 e. The minimum absolute atomic E-state index is 0.280. The molecule has 0 N–H and O–H groups in total. The predicted octanol–water partition coefficient (Wildman–Crippen LogP) is 6.45. The summed E-state index contributed by atoms with van der Waals surface area (Å²) in [7, 11) is 0. The summed E-state index contributed by atoms with van der Waals surface area (Å²) in [4.78, 5) is 2.76. The van der Waals surface area contributed by atoms with Gasteiger partial charge in [-0.25, -0.2) is 0 Å². The Morgan fingerprint density at radius 1 is 0.618 bits per heavy atom. The molecule has 0 unspecified atom stereocenters. The first-order valence-corrected chi connectivity index (χ1v) is 13.3. The van der Waals surface area contributed by atoms with Crippen LogP contribution in [0.3, 0.4) is 0 Å². The average molecular weight is 465 g/mol. The number of rotatable bonds is 0. The highest BCUT2D eigenvalue weighted by atomic mass is 32.2. The van der Waals surface area contributed by atoms with Crippen molar-refractivity contribution in [1.29, 1.82) is 0 Å². The second kappa shape index (κ2) is 6.15. The zero-order valence-corrected chi connectivity index (χ0v) is 19.7. The number of aromatic nitrogens is 1. The maximum absolute atomic E-state index is 2.55. The maximum atomic E-state index is 2.55. The second-order valence-corrected chi connectivity index (χ2v) is 11.4. The van der Waals surface area contributed by atoms with Gasteiger partial charge in [0.1, 0.15) is 0 Å². The maximum Gasteiger partial charge on any atom is 0.249 e. The number of thiophene rings is 1. The summed E-state index contributed by atoms with van der Waals surface area (Å²) in [6.07, 6.45) is 0. The molecule has 0 saturated heterocycles. The molecule has 4 heterocycles. The number of hydrogen-bond acceptors (Lipinski definition) is 2. The van der Waals surface area contributed by atoms with Crippen molar-refractivity contribution in [1.82, 2.24) is 4.57 Å². The summed E-state index contributed by atoms with van der Waals surface area (Å²) in [6, 6.07) is 36.3. The monoisotopic (exact) mass is 465 g/mol. The van der Waals surface area contributed by atoms with Crippen LogP contribution in [0.1, 0.15) is 0 Å². The lowest BCUT2D eigenvalue weighted by molar-refractivity contribution is 1.17. The van der Waals surface area contributed by atoms with Gasteiger partial charge in [-0.2, -0.15) is 0 Å². The van der Waals surface area contributed by atoms with Gasteiger partial charge >= 0.3 is 0 Å². The molecule has 0 fully saturated rings. The van der Waals surface area contributed by atoms with Crippen molar-refractivity contribution < 1.29 is 0 Å². The molecular weight excluding hydrogens is 449 g/mol. The van der Waals surface area contributed by atoms with Gasteiger partial charge in [0.05, 0.1) is 5.52 Å². The Morgan fingerprint density at radius 2 is 1.41 bits per heavy atom. The predicted molar refractivity (Wildman–Crippen MR) is 149 cm³/mol. The molecule has 2 aliphatic rings. The second-order valence-electron chi connectivity index (χ2n) is 9.28. The van der Waals surface area contributed by atoms with Gasteiger partial charge in [0, 0.05) is 51.9 Å². The molecule has 4 heteroatoms. The molecular formula is C30H16BNS2. The van der Waals surface area contributed by atoms with E-state index in [1.165, 1.54) is 73.8 Å². The summed E-state index contributed by atoms with van der Waals surface area (Å²) in [5, 5.41) is 5.50. The zero-order chi connectivity index (χ0) is 22.0. The van der Waals surface area contributed by atoms with Crippen LogP contribution in [-0.4, -0.2) is 11.3 Å². The van der Waals surface area contributed by atoms with Crippen molar-refractivity contribution >= 4 is 88.2 Å². The van der Waals surface area contributed by atoms with Gasteiger partial charge < -0.3 is 4.57 Å². The number of benzene rings is 5. The summed E-state index contributed by atoms with van der Waals surface area (Å²) in [5.41, 5.74) is 8.35. The molecule has 9 rings (SSSR count). The highest BCUT2D eigenvalue weighted by Gasteiger charge is 2.39. The standard InChI is InChI=1S/C30H16BNS2/c1-3-12-24-17(7-1)18-15-16-22-27(30(18)34-24)19-8-5-10-21-29(19)32(22)23-11-6-14-26-28(23)31(21)20-9-2-4-13-25(20)33-26/h1-16H. The fourth-order valence-corrected chi connectivity index (χ4v) is 8.78. The summed E-state index contributed by atoms with van der Waals surface area (Å²) in [5.74, 6) is 0. The van der Waals surface area contributed by atoms with Crippen LogP contribution in [0.5, 0.6) is 0 Å². The fraction of sp³-hybridized carbons (Fsp3) is 0. The van der Waals surface area contributed by atoms with Gasteiger partial charge in [0.25, 0.3) is 0 Å². The van der Waals surface area contributed by atoms with Crippen molar-refractivity contribution in [2.24, 2.45) is 0 Å². The Labute approximate surface area is 204 Å². The molecule has 0 spiro atoms. The molecule has 2 aromatic heterocycles. The van der Waals surface area contributed by atoms with Gasteiger partial charge in [-0.05, 0) is 41.3 Å². The smallest absolute Gasteiger partial charge is 0.249 e. The fourth-order valence-electron chi connectivity index (χ4n) is 6.36. The van der Waals surface area contributed by atoms with Gasteiger partial charge in [-0.15, -0.1) is 11.3 Å². The first-order valence-electron chi connectivity index (χ1n) is 11.7. The Morgan fingerprint density at radius 3 is 2.41 bits per heavy atom. The Bertz CT molecular complexity index is 2010. The molecule has 1 nitrogen and oxygen atoms in total. The van der Waals surface area contributed by atoms with Crippen LogP contribution in [0.4, 0.5) is 0 Å². The highest BCUT2D eigenvalue weighted by Crippen LogP contribution is 2.44. The van der Waals surface area contributed by atoms with Gasteiger partial charge in [-0.3, -0.25) is 0 Å². The van der Waals surface area contributed by atoms with E-state index in [1.54, 1.807) is 0 Å². The van der Waals surface area contributed by atoms with E-state index in [0.717, 1.165) is 0 Å². The largest absolute Gasteiger partial charge is 0.310 e. The summed E-state index contributed by atoms with van der Waals surface area (Å²) < 4.78 is 5.31. The molecule has 7 aromatic rings. The lowest BCUT2D eigenvalue weighted by Gasteiger charge is -2.33. The lowest BCUT2D eigenvalue weighted by Crippen LogP contribution is -2.58. The molecule has 2 aliphatic heterocycles. The molecule has 156 valence electrons. The van der Waals surface area contributed by atoms with Crippen LogP contribution in [0.2, 0.25) is 0 Å². The Balaban J connectivity index is 1.53. The van der Waals surface area contributed by atoms with Gasteiger partial charge in [0.2, 0.25) is 6.71 Å². The molecule has 0 saturated carbocycles. The normalized spacial score (nSPS) is 13.7. The van der Waals surface area contributed by atoms with Crippen LogP contribution < -0.4 is 16.4 Å². The molecule has 0 atom stereocenters. The van der Waals surface area contributed by atoms with Crippen molar-refractivity contribution in [3.8, 4) is 5.69 Å². The average Bonchev–Trinajstić information content (AvgIpc) is 3.43. The van der Waals surface area contributed by atoms with E-state index >= 15 is 0 Å². The third-order valence-corrected chi connectivity index (χ3v) is 10.0. The number of fused-ring (bicyclic) bond motifs is 11. The van der Waals surface area contributed by atoms with E-state index < -0.39 is 0 Å². The number of nitrogens with zero attached hydrogens (tertiary/aromatic N) is 1. The molecule has 0 bridgehead atoms. The van der Waals surface area contributed by atoms with E-state index in [4.69, 9.17) is 0 Å². The third-order valence-electron chi connectivity index (χ3n) is 7.66.